The molecule has 29 heavy (non-hydrogen) atoms. The van der Waals surface area contributed by atoms with Gasteiger partial charge in [0.1, 0.15) is 5.82 Å². The number of rotatable bonds is 4. The van der Waals surface area contributed by atoms with Gasteiger partial charge in [0, 0.05) is 11.6 Å². The van der Waals surface area contributed by atoms with Crippen LogP contribution in [0, 0.1) is 12.7 Å². The zero-order chi connectivity index (χ0) is 19.5. The average Bonchev–Trinajstić information content (AvgIpc) is 3.16. The van der Waals surface area contributed by atoms with Gasteiger partial charge in [-0.25, -0.2) is 9.07 Å². The molecule has 0 spiro atoms. The molecule has 5 nitrogen and oxygen atoms in total. The van der Waals surface area contributed by atoms with Crippen molar-refractivity contribution in [3.8, 4) is 5.69 Å². The lowest BCUT2D eigenvalue weighted by molar-refractivity contribution is 0.102. The SMILES string of the molecule is Cc1ccc(NC(=O)c2cnn(-c3cccc(F)c3)c2C2CCNCC2)cc1.Cl. The molecule has 0 unspecified atom stereocenters. The van der Waals surface area contributed by atoms with Crippen LogP contribution in [0.15, 0.2) is 54.7 Å². The number of carbonyl (C=O) groups is 1. The van der Waals surface area contributed by atoms with E-state index in [1.54, 1.807) is 16.9 Å². The van der Waals surface area contributed by atoms with Crippen LogP contribution in [0.1, 0.15) is 40.4 Å². The Bertz CT molecular complexity index is 981. The quantitative estimate of drug-likeness (QED) is 0.662. The highest BCUT2D eigenvalue weighted by molar-refractivity contribution is 6.05. The summed E-state index contributed by atoms with van der Waals surface area (Å²) in [6, 6.07) is 14.0. The number of hydrogen-bond donors (Lipinski definition) is 2. The molecule has 7 heteroatoms. The number of nitrogens with one attached hydrogen (secondary N) is 2. The Hall–Kier alpha value is -2.70. The molecule has 3 aromatic rings. The summed E-state index contributed by atoms with van der Waals surface area (Å²) in [7, 11) is 0. The summed E-state index contributed by atoms with van der Waals surface area (Å²) in [4.78, 5) is 13.0. The Morgan fingerprint density at radius 2 is 1.90 bits per heavy atom. The molecular weight excluding hydrogens is 391 g/mol. The van der Waals surface area contributed by atoms with E-state index in [0.29, 0.717) is 11.3 Å². The normalized spacial score (nSPS) is 14.3. The fraction of sp³-hybridized carbons (Fsp3) is 0.273. The van der Waals surface area contributed by atoms with Crippen molar-refractivity contribution in [3.05, 3.63) is 77.4 Å². The number of anilines is 1. The fourth-order valence-corrected chi connectivity index (χ4v) is 3.67. The van der Waals surface area contributed by atoms with Crippen LogP contribution in [0.2, 0.25) is 0 Å². The number of nitrogens with zero attached hydrogens (tertiary/aromatic N) is 2. The van der Waals surface area contributed by atoms with Crippen molar-refractivity contribution in [2.24, 2.45) is 0 Å². The Morgan fingerprint density at radius 1 is 1.17 bits per heavy atom. The monoisotopic (exact) mass is 414 g/mol. The highest BCUT2D eigenvalue weighted by Gasteiger charge is 2.27. The van der Waals surface area contributed by atoms with E-state index in [1.807, 2.05) is 37.3 Å². The number of piperidine rings is 1. The second kappa shape index (κ2) is 9.20. The molecule has 0 saturated carbocycles. The summed E-state index contributed by atoms with van der Waals surface area (Å²) < 4.78 is 15.5. The molecule has 0 aliphatic carbocycles. The fourth-order valence-electron chi connectivity index (χ4n) is 3.67. The zero-order valence-electron chi connectivity index (χ0n) is 16.2. The second-order valence-corrected chi connectivity index (χ2v) is 7.18. The van der Waals surface area contributed by atoms with Crippen LogP contribution in [-0.2, 0) is 0 Å². The van der Waals surface area contributed by atoms with Gasteiger partial charge in [0.2, 0.25) is 0 Å². The van der Waals surface area contributed by atoms with Gasteiger partial charge >= 0.3 is 0 Å². The summed E-state index contributed by atoms with van der Waals surface area (Å²) in [5, 5.41) is 10.8. The standard InChI is InChI=1S/C22H23FN4O.ClH/c1-15-5-7-18(8-6-15)26-22(28)20-14-25-27(19-4-2-3-17(23)13-19)21(20)16-9-11-24-12-10-16;/h2-8,13-14,16,24H,9-12H2,1H3,(H,26,28);1H. The molecule has 0 bridgehead atoms. The zero-order valence-corrected chi connectivity index (χ0v) is 17.0. The number of amides is 1. The van der Waals surface area contributed by atoms with E-state index in [9.17, 15) is 9.18 Å². The topological polar surface area (TPSA) is 59.0 Å². The van der Waals surface area contributed by atoms with Gasteiger partial charge in [-0.05, 0) is 63.2 Å². The third kappa shape index (κ3) is 4.66. The lowest BCUT2D eigenvalue weighted by Crippen LogP contribution is -2.29. The molecule has 2 aromatic carbocycles. The van der Waals surface area contributed by atoms with Crippen LogP contribution in [-0.4, -0.2) is 28.8 Å². The van der Waals surface area contributed by atoms with Crippen LogP contribution >= 0.6 is 12.4 Å². The maximum atomic E-state index is 13.8. The average molecular weight is 415 g/mol. The van der Waals surface area contributed by atoms with E-state index >= 15 is 0 Å². The van der Waals surface area contributed by atoms with Crippen LogP contribution in [0.5, 0.6) is 0 Å². The maximum Gasteiger partial charge on any atom is 0.259 e. The third-order valence-corrected chi connectivity index (χ3v) is 5.14. The molecule has 0 atom stereocenters. The van der Waals surface area contributed by atoms with Crippen LogP contribution in [0.3, 0.4) is 0 Å². The predicted octanol–water partition coefficient (Wildman–Crippen LogP) is 4.46. The van der Waals surface area contributed by atoms with Crippen molar-refractivity contribution < 1.29 is 9.18 Å². The molecule has 2 N–H and O–H groups in total. The van der Waals surface area contributed by atoms with E-state index in [0.717, 1.165) is 42.9 Å². The minimum atomic E-state index is -0.324. The second-order valence-electron chi connectivity index (χ2n) is 7.18. The largest absolute Gasteiger partial charge is 0.322 e. The Kier molecular flexibility index (Phi) is 6.67. The van der Waals surface area contributed by atoms with Crippen molar-refractivity contribution >= 4 is 24.0 Å². The molecule has 1 amide bonds. The molecule has 0 radical (unpaired) electrons. The van der Waals surface area contributed by atoms with Gasteiger partial charge in [0.15, 0.2) is 0 Å². The van der Waals surface area contributed by atoms with Gasteiger partial charge in [-0.2, -0.15) is 5.10 Å². The van der Waals surface area contributed by atoms with Gasteiger partial charge < -0.3 is 10.6 Å². The van der Waals surface area contributed by atoms with Gasteiger partial charge in [-0.3, -0.25) is 4.79 Å². The number of carbonyl (C=O) groups excluding carboxylic acids is 1. The number of aryl methyl sites for hydroxylation is 1. The molecule has 1 aliphatic rings. The first-order valence-electron chi connectivity index (χ1n) is 9.54. The number of aromatic nitrogens is 2. The van der Waals surface area contributed by atoms with Gasteiger partial charge in [0.25, 0.3) is 5.91 Å². The van der Waals surface area contributed by atoms with Crippen molar-refractivity contribution in [2.75, 3.05) is 18.4 Å². The van der Waals surface area contributed by atoms with Crippen molar-refractivity contribution in [1.29, 1.82) is 0 Å². The van der Waals surface area contributed by atoms with Crippen LogP contribution in [0.4, 0.5) is 10.1 Å². The van der Waals surface area contributed by atoms with Crippen molar-refractivity contribution in [1.82, 2.24) is 15.1 Å². The van der Waals surface area contributed by atoms with Crippen LogP contribution < -0.4 is 10.6 Å². The Morgan fingerprint density at radius 3 is 2.59 bits per heavy atom. The summed E-state index contributed by atoms with van der Waals surface area (Å²) in [6.07, 6.45) is 3.41. The Labute approximate surface area is 175 Å². The molecule has 1 aromatic heterocycles. The summed E-state index contributed by atoms with van der Waals surface area (Å²) in [6.45, 7) is 3.78. The van der Waals surface area contributed by atoms with Crippen LogP contribution in [0.25, 0.3) is 5.69 Å². The first kappa shape index (κ1) is 21.0. The highest BCUT2D eigenvalue weighted by atomic mass is 35.5. The van der Waals surface area contributed by atoms with E-state index in [-0.39, 0.29) is 30.0 Å². The summed E-state index contributed by atoms with van der Waals surface area (Å²) in [5.74, 6) is -0.333. The van der Waals surface area contributed by atoms with E-state index < -0.39 is 0 Å². The van der Waals surface area contributed by atoms with E-state index in [2.05, 4.69) is 15.7 Å². The Balaban J connectivity index is 0.00000240. The summed E-state index contributed by atoms with van der Waals surface area (Å²) in [5.41, 5.74) is 3.88. The molecule has 4 rings (SSSR count). The maximum absolute atomic E-state index is 13.8. The van der Waals surface area contributed by atoms with E-state index in [4.69, 9.17) is 0 Å². The van der Waals surface area contributed by atoms with Gasteiger partial charge in [-0.1, -0.05) is 23.8 Å². The molecule has 2 heterocycles. The van der Waals surface area contributed by atoms with E-state index in [1.165, 1.54) is 12.1 Å². The smallest absolute Gasteiger partial charge is 0.259 e. The van der Waals surface area contributed by atoms with Crippen molar-refractivity contribution in [3.63, 3.8) is 0 Å². The lowest BCUT2D eigenvalue weighted by Gasteiger charge is -2.24. The van der Waals surface area contributed by atoms with Gasteiger partial charge in [0.05, 0.1) is 23.1 Å². The number of hydrogen-bond acceptors (Lipinski definition) is 3. The summed E-state index contributed by atoms with van der Waals surface area (Å²) >= 11 is 0. The van der Waals surface area contributed by atoms with Crippen molar-refractivity contribution in [2.45, 2.75) is 25.7 Å². The first-order chi connectivity index (χ1) is 13.6. The predicted molar refractivity (Wildman–Crippen MR) is 115 cm³/mol. The minimum absolute atomic E-state index is 0. The molecule has 1 aliphatic heterocycles. The molecular formula is C22H24ClFN4O. The first-order valence-corrected chi connectivity index (χ1v) is 9.54. The molecule has 1 saturated heterocycles. The number of halogens is 2. The minimum Gasteiger partial charge on any atom is -0.322 e. The molecule has 1 fully saturated rings. The lowest BCUT2D eigenvalue weighted by atomic mass is 9.91. The molecule has 152 valence electrons. The highest BCUT2D eigenvalue weighted by Crippen LogP contribution is 2.30. The van der Waals surface area contributed by atoms with Gasteiger partial charge in [-0.15, -0.1) is 12.4 Å². The number of benzene rings is 2. The third-order valence-electron chi connectivity index (χ3n) is 5.14.